The molecule has 186 valence electrons. The van der Waals surface area contributed by atoms with Crippen LogP contribution in [0.3, 0.4) is 0 Å². The molecule has 0 heterocycles. The average Bonchev–Trinajstić information content (AvgIpc) is 3.17. The Morgan fingerprint density at radius 1 is 0.583 bits per heavy atom. The van der Waals surface area contributed by atoms with Gasteiger partial charge in [0.25, 0.3) is 0 Å². The van der Waals surface area contributed by atoms with Gasteiger partial charge in [-0.25, -0.2) is 20.0 Å². The third-order valence-corrected chi connectivity index (χ3v) is 4.88. The van der Waals surface area contributed by atoms with Crippen LogP contribution >= 0.6 is 0 Å². The first-order valence-electron chi connectivity index (χ1n) is 10.7. The van der Waals surface area contributed by atoms with Crippen LogP contribution in [0.25, 0.3) is 0 Å². The number of carboxylic acid groups (broad SMARTS) is 3. The molecule has 3 aromatic rings. The molecular weight excluding hydrogens is 492 g/mol. The van der Waals surface area contributed by atoms with Gasteiger partial charge in [0.15, 0.2) is 0 Å². The van der Waals surface area contributed by atoms with Crippen LogP contribution in [0.2, 0.25) is 0 Å². The Bertz CT molecular complexity index is 1030. The molecule has 0 fully saturated rings. The van der Waals surface area contributed by atoms with E-state index in [9.17, 15) is 14.4 Å². The quantitative estimate of drug-likeness (QED) is 0.264. The number of hydrogen-bond acceptors (Lipinski definition) is 3. The summed E-state index contributed by atoms with van der Waals surface area (Å²) in [7, 11) is 0. The Morgan fingerprint density at radius 2 is 0.861 bits per heavy atom. The molecule has 7 heteroatoms. The fourth-order valence-corrected chi connectivity index (χ4v) is 2.59. The van der Waals surface area contributed by atoms with Crippen LogP contribution in [-0.2, 0) is 21.7 Å². The van der Waals surface area contributed by atoms with Crippen molar-refractivity contribution in [3.63, 3.8) is 0 Å². The van der Waals surface area contributed by atoms with Gasteiger partial charge in [-0.15, -0.1) is 13.3 Å². The second-order valence-electron chi connectivity index (χ2n) is 7.40. The Hall–Kier alpha value is -3.74. The summed E-state index contributed by atoms with van der Waals surface area (Å²) < 4.78 is 0. The summed E-state index contributed by atoms with van der Waals surface area (Å²) in [5, 5.41) is 25.2. The maximum Gasteiger partial charge on any atom is 0.335 e. The third-order valence-electron chi connectivity index (χ3n) is 4.88. The zero-order chi connectivity index (χ0) is 26.2. The number of benzene rings is 3. The Balaban J connectivity index is 0.000000450. The molecule has 0 spiro atoms. The SMILES string of the molecule is CC1=[C-]CC(C)=C1C.O=C(O)c1ccccc1.O=C(O)c1ccccc1.O=C(O)c1ccccc1.[Ti]. The van der Waals surface area contributed by atoms with Gasteiger partial charge >= 0.3 is 17.9 Å². The van der Waals surface area contributed by atoms with Crippen molar-refractivity contribution in [2.24, 2.45) is 0 Å². The monoisotopic (exact) mass is 521 g/mol. The molecule has 0 aliphatic heterocycles. The summed E-state index contributed by atoms with van der Waals surface area (Å²) in [4.78, 5) is 30.6. The van der Waals surface area contributed by atoms with Crippen LogP contribution in [0.1, 0.15) is 58.3 Å². The smallest absolute Gasteiger partial charge is 0.335 e. The molecule has 0 aromatic heterocycles. The first kappa shape index (κ1) is 32.3. The molecule has 0 saturated heterocycles. The van der Waals surface area contributed by atoms with Crippen LogP contribution in [0.15, 0.2) is 108 Å². The van der Waals surface area contributed by atoms with E-state index >= 15 is 0 Å². The number of rotatable bonds is 3. The van der Waals surface area contributed by atoms with Crippen molar-refractivity contribution >= 4 is 17.9 Å². The molecule has 3 N–H and O–H groups in total. The predicted molar refractivity (Wildman–Crippen MR) is 136 cm³/mol. The van der Waals surface area contributed by atoms with Gasteiger partial charge in [-0.3, -0.25) is 6.08 Å². The van der Waals surface area contributed by atoms with Gasteiger partial charge in [0.1, 0.15) is 0 Å². The maximum atomic E-state index is 10.2. The number of hydrogen-bond donors (Lipinski definition) is 3. The second-order valence-corrected chi connectivity index (χ2v) is 7.40. The molecule has 0 saturated carbocycles. The molecular formula is C29H29O6Ti-. The minimum atomic E-state index is -0.879. The van der Waals surface area contributed by atoms with Crippen molar-refractivity contribution in [3.05, 3.63) is 130 Å². The van der Waals surface area contributed by atoms with Crippen LogP contribution in [-0.4, -0.2) is 33.2 Å². The molecule has 3 aromatic carbocycles. The van der Waals surface area contributed by atoms with Gasteiger partial charge in [-0.05, 0) is 36.4 Å². The van der Waals surface area contributed by atoms with Gasteiger partial charge in [0, 0.05) is 21.7 Å². The first-order chi connectivity index (χ1) is 16.6. The van der Waals surface area contributed by atoms with Crippen LogP contribution in [0.4, 0.5) is 0 Å². The molecule has 6 nitrogen and oxygen atoms in total. The van der Waals surface area contributed by atoms with E-state index in [1.54, 1.807) is 91.0 Å². The number of carbonyl (C=O) groups is 3. The standard InChI is InChI=1S/C8H11.3C7H6O2.Ti/c1-6-4-5-7(2)8(6)3;3*8-7(9)6-4-2-1-3-5-6;/h4H2,1-3H3;3*1-5H,(H,8,9);/q-1;;;;. The zero-order valence-corrected chi connectivity index (χ0v) is 22.0. The molecule has 0 radical (unpaired) electrons. The fourth-order valence-electron chi connectivity index (χ4n) is 2.59. The van der Waals surface area contributed by atoms with E-state index in [-0.39, 0.29) is 21.7 Å². The van der Waals surface area contributed by atoms with Crippen molar-refractivity contribution in [1.82, 2.24) is 0 Å². The summed E-state index contributed by atoms with van der Waals surface area (Å²) in [6.45, 7) is 6.44. The largest absolute Gasteiger partial charge is 0.478 e. The maximum absolute atomic E-state index is 10.2. The normalized spacial score (nSPS) is 11.0. The number of aromatic carboxylic acids is 3. The molecule has 0 atom stereocenters. The van der Waals surface area contributed by atoms with Crippen LogP contribution in [0.5, 0.6) is 0 Å². The van der Waals surface area contributed by atoms with Crippen molar-refractivity contribution < 1.29 is 51.4 Å². The molecule has 0 unspecified atom stereocenters. The fraction of sp³-hybridized carbons (Fsp3) is 0.138. The molecule has 1 aliphatic rings. The van der Waals surface area contributed by atoms with E-state index in [1.807, 2.05) is 0 Å². The van der Waals surface area contributed by atoms with Crippen molar-refractivity contribution in [2.75, 3.05) is 0 Å². The molecule has 36 heavy (non-hydrogen) atoms. The van der Waals surface area contributed by atoms with Gasteiger partial charge in [-0.1, -0.05) is 68.4 Å². The second kappa shape index (κ2) is 17.7. The summed E-state index contributed by atoms with van der Waals surface area (Å²) >= 11 is 0. The van der Waals surface area contributed by atoms with Crippen LogP contribution in [0, 0.1) is 6.08 Å². The number of carboxylic acids is 3. The summed E-state index contributed by atoms with van der Waals surface area (Å²) in [6.07, 6.45) is 4.31. The summed E-state index contributed by atoms with van der Waals surface area (Å²) in [6, 6.07) is 24.9. The van der Waals surface area contributed by atoms with E-state index in [2.05, 4.69) is 26.8 Å². The minimum Gasteiger partial charge on any atom is -0.478 e. The van der Waals surface area contributed by atoms with Crippen molar-refractivity contribution in [2.45, 2.75) is 27.2 Å². The van der Waals surface area contributed by atoms with Gasteiger partial charge in [0.05, 0.1) is 16.7 Å². The number of allylic oxidation sites excluding steroid dienone is 4. The molecule has 1 aliphatic carbocycles. The summed E-state index contributed by atoms with van der Waals surface area (Å²) in [5.41, 5.74) is 5.24. The topological polar surface area (TPSA) is 112 Å². The summed E-state index contributed by atoms with van der Waals surface area (Å²) in [5.74, 6) is -2.64. The predicted octanol–water partition coefficient (Wildman–Crippen LogP) is 6.63. The van der Waals surface area contributed by atoms with Crippen molar-refractivity contribution in [1.29, 1.82) is 0 Å². The van der Waals surface area contributed by atoms with Crippen molar-refractivity contribution in [3.8, 4) is 0 Å². The van der Waals surface area contributed by atoms with E-state index < -0.39 is 17.9 Å². The minimum absolute atomic E-state index is 0. The van der Waals surface area contributed by atoms with Crippen LogP contribution < -0.4 is 0 Å². The average molecular weight is 521 g/mol. The molecule has 0 amide bonds. The van der Waals surface area contributed by atoms with Gasteiger partial charge in [0.2, 0.25) is 0 Å². The molecule has 0 bridgehead atoms. The van der Waals surface area contributed by atoms with Gasteiger partial charge in [-0.2, -0.15) is 11.1 Å². The zero-order valence-electron chi connectivity index (χ0n) is 20.4. The molecule has 4 rings (SSSR count). The van der Waals surface area contributed by atoms with E-state index in [4.69, 9.17) is 15.3 Å². The van der Waals surface area contributed by atoms with E-state index in [1.165, 1.54) is 16.7 Å². The van der Waals surface area contributed by atoms with Gasteiger partial charge < -0.3 is 15.3 Å². The third kappa shape index (κ3) is 12.7. The van der Waals surface area contributed by atoms with E-state index in [0.29, 0.717) is 16.7 Å². The van der Waals surface area contributed by atoms with E-state index in [0.717, 1.165) is 6.42 Å². The Morgan fingerprint density at radius 3 is 0.972 bits per heavy atom. The first-order valence-corrected chi connectivity index (χ1v) is 10.7. The Labute approximate surface area is 226 Å². The Kier molecular flexibility index (Phi) is 15.8.